The third-order valence-electron chi connectivity index (χ3n) is 4.92. The van der Waals surface area contributed by atoms with Crippen molar-refractivity contribution in [1.82, 2.24) is 14.7 Å². The van der Waals surface area contributed by atoms with Crippen molar-refractivity contribution < 1.29 is 19.1 Å². The number of nitrogens with two attached hydrogens (primary N) is 1. The summed E-state index contributed by atoms with van der Waals surface area (Å²) in [6, 6.07) is 8.91. The normalized spacial score (nSPS) is 16.5. The third kappa shape index (κ3) is 4.76. The van der Waals surface area contributed by atoms with Crippen molar-refractivity contribution in [3.05, 3.63) is 52.3 Å². The van der Waals surface area contributed by atoms with Crippen LogP contribution in [0, 0.1) is 6.92 Å². The molecule has 0 saturated carbocycles. The maximum Gasteiger partial charge on any atom is 0.343 e. The summed E-state index contributed by atoms with van der Waals surface area (Å²) in [6.45, 7) is 1.99. The van der Waals surface area contributed by atoms with E-state index in [0.29, 0.717) is 25.2 Å². The van der Waals surface area contributed by atoms with Crippen LogP contribution in [-0.4, -0.2) is 51.7 Å². The van der Waals surface area contributed by atoms with E-state index in [1.807, 2.05) is 30.3 Å². The van der Waals surface area contributed by atoms with Gasteiger partial charge in [-0.25, -0.2) is 9.48 Å². The highest BCUT2D eigenvalue weighted by molar-refractivity contribution is 6.32. The van der Waals surface area contributed by atoms with Gasteiger partial charge in [-0.3, -0.25) is 9.59 Å². The topological polar surface area (TPSA) is 108 Å². The molecule has 1 aromatic heterocycles. The van der Waals surface area contributed by atoms with Crippen molar-refractivity contribution in [2.24, 2.45) is 5.73 Å². The number of aryl methyl sites for hydroxylation is 1. The van der Waals surface area contributed by atoms with Gasteiger partial charge in [-0.15, -0.1) is 0 Å². The van der Waals surface area contributed by atoms with Crippen LogP contribution in [-0.2, 0) is 20.9 Å². The smallest absolute Gasteiger partial charge is 0.343 e. The summed E-state index contributed by atoms with van der Waals surface area (Å²) in [5.74, 6) is -1.73. The van der Waals surface area contributed by atoms with Crippen LogP contribution in [0.2, 0.25) is 5.15 Å². The number of halogens is 1. The molecule has 2 amide bonds. The van der Waals surface area contributed by atoms with Crippen LogP contribution in [0.5, 0.6) is 0 Å². The number of hydrogen-bond acceptors (Lipinski definition) is 5. The largest absolute Gasteiger partial charge is 0.452 e. The molecule has 0 unspecified atom stereocenters. The Morgan fingerprint density at radius 2 is 1.97 bits per heavy atom. The van der Waals surface area contributed by atoms with Crippen LogP contribution >= 0.6 is 11.6 Å². The maximum absolute atomic E-state index is 12.5. The molecule has 9 heteroatoms. The zero-order valence-electron chi connectivity index (χ0n) is 16.1. The van der Waals surface area contributed by atoms with Crippen LogP contribution in [0.3, 0.4) is 0 Å². The van der Waals surface area contributed by atoms with Gasteiger partial charge in [0.15, 0.2) is 6.61 Å². The number of primary amides is 1. The summed E-state index contributed by atoms with van der Waals surface area (Å²) < 4.78 is 6.69. The lowest BCUT2D eigenvalue weighted by Crippen LogP contribution is -2.51. The van der Waals surface area contributed by atoms with E-state index < -0.39 is 30.4 Å². The van der Waals surface area contributed by atoms with Gasteiger partial charge in [-0.1, -0.05) is 41.9 Å². The minimum absolute atomic E-state index is 0.125. The van der Waals surface area contributed by atoms with Crippen LogP contribution < -0.4 is 5.73 Å². The summed E-state index contributed by atoms with van der Waals surface area (Å²) in [6.07, 6.45) is 2.12. The lowest BCUT2D eigenvalue weighted by atomic mass is 10.0. The number of nitrogens with zero attached hydrogens (tertiary/aromatic N) is 3. The van der Waals surface area contributed by atoms with E-state index in [1.165, 1.54) is 9.58 Å². The van der Waals surface area contributed by atoms with E-state index >= 15 is 0 Å². The fraction of sp³-hybridized carbons (Fsp3) is 0.400. The van der Waals surface area contributed by atoms with Crippen molar-refractivity contribution in [3.63, 3.8) is 0 Å². The molecule has 1 fully saturated rings. The number of likely N-dealkylation sites (tertiary alicyclic amines) is 1. The Kier molecular flexibility index (Phi) is 6.53. The highest BCUT2D eigenvalue weighted by atomic mass is 35.5. The molecule has 1 aliphatic heterocycles. The number of carbonyl (C=O) groups is 3. The number of esters is 1. The van der Waals surface area contributed by atoms with E-state index in [1.54, 1.807) is 6.92 Å². The molecule has 3 rings (SSSR count). The second kappa shape index (κ2) is 9.09. The molecular formula is C20H23ClN4O4. The van der Waals surface area contributed by atoms with Crippen molar-refractivity contribution >= 4 is 29.4 Å². The molecule has 0 aliphatic carbocycles. The molecule has 2 aromatic rings. The summed E-state index contributed by atoms with van der Waals surface area (Å²) in [7, 11) is 0. The highest BCUT2D eigenvalue weighted by Crippen LogP contribution is 2.22. The number of carbonyl (C=O) groups excluding carboxylic acids is 3. The lowest BCUT2D eigenvalue weighted by Gasteiger charge is -2.33. The Balaban J connectivity index is 1.66. The monoisotopic (exact) mass is 418 g/mol. The Labute approximate surface area is 173 Å². The van der Waals surface area contributed by atoms with Crippen LogP contribution in [0.25, 0.3) is 0 Å². The van der Waals surface area contributed by atoms with Crippen LogP contribution in [0.4, 0.5) is 0 Å². The van der Waals surface area contributed by atoms with Crippen molar-refractivity contribution in [2.75, 3.05) is 13.2 Å². The number of benzene rings is 1. The molecule has 1 aliphatic rings. The van der Waals surface area contributed by atoms with E-state index in [0.717, 1.165) is 18.4 Å². The van der Waals surface area contributed by atoms with E-state index in [2.05, 4.69) is 5.10 Å². The average molecular weight is 419 g/mol. The summed E-state index contributed by atoms with van der Waals surface area (Å²) >= 11 is 6.35. The van der Waals surface area contributed by atoms with Crippen molar-refractivity contribution in [3.8, 4) is 0 Å². The molecule has 2 heterocycles. The van der Waals surface area contributed by atoms with Gasteiger partial charge < -0.3 is 15.4 Å². The van der Waals surface area contributed by atoms with E-state index in [9.17, 15) is 14.4 Å². The molecule has 1 aromatic carbocycles. The molecular weight excluding hydrogens is 396 g/mol. The Morgan fingerprint density at radius 3 is 2.66 bits per heavy atom. The highest BCUT2D eigenvalue weighted by Gasteiger charge is 2.31. The minimum atomic E-state index is -0.729. The quantitative estimate of drug-likeness (QED) is 0.721. The maximum atomic E-state index is 12.5. The average Bonchev–Trinajstić information content (AvgIpc) is 2.99. The second-order valence-electron chi connectivity index (χ2n) is 6.97. The van der Waals surface area contributed by atoms with E-state index in [4.69, 9.17) is 22.1 Å². The van der Waals surface area contributed by atoms with Gasteiger partial charge in [0.2, 0.25) is 5.91 Å². The first kappa shape index (κ1) is 20.9. The first-order chi connectivity index (χ1) is 13.9. The number of ether oxygens (including phenoxy) is 1. The summed E-state index contributed by atoms with van der Waals surface area (Å²) in [4.78, 5) is 37.9. The number of aromatic nitrogens is 2. The number of amides is 2. The zero-order valence-corrected chi connectivity index (χ0v) is 16.9. The van der Waals surface area contributed by atoms with Gasteiger partial charge in [-0.2, -0.15) is 5.10 Å². The molecule has 154 valence electrons. The number of rotatable bonds is 6. The first-order valence-corrected chi connectivity index (χ1v) is 9.79. The molecule has 0 radical (unpaired) electrons. The number of piperidine rings is 1. The molecule has 2 N–H and O–H groups in total. The number of hydrogen-bond donors (Lipinski definition) is 1. The predicted octanol–water partition coefficient (Wildman–Crippen LogP) is 1.92. The Morgan fingerprint density at radius 1 is 1.24 bits per heavy atom. The van der Waals surface area contributed by atoms with Gasteiger partial charge in [0.1, 0.15) is 16.8 Å². The van der Waals surface area contributed by atoms with Crippen molar-refractivity contribution in [2.45, 2.75) is 38.8 Å². The van der Waals surface area contributed by atoms with Gasteiger partial charge in [-0.05, 0) is 31.7 Å². The summed E-state index contributed by atoms with van der Waals surface area (Å²) in [5, 5.41) is 4.46. The molecule has 1 saturated heterocycles. The zero-order chi connectivity index (χ0) is 21.0. The molecule has 29 heavy (non-hydrogen) atoms. The van der Waals surface area contributed by atoms with E-state index in [-0.39, 0.29) is 10.7 Å². The van der Waals surface area contributed by atoms with Crippen LogP contribution in [0.15, 0.2) is 30.3 Å². The fourth-order valence-corrected chi connectivity index (χ4v) is 3.77. The predicted molar refractivity (Wildman–Crippen MR) is 106 cm³/mol. The van der Waals surface area contributed by atoms with Crippen molar-refractivity contribution in [1.29, 1.82) is 0 Å². The van der Waals surface area contributed by atoms with Gasteiger partial charge >= 0.3 is 5.97 Å². The van der Waals surface area contributed by atoms with Crippen LogP contribution in [0.1, 0.15) is 40.9 Å². The lowest BCUT2D eigenvalue weighted by molar-refractivity contribution is -0.143. The Bertz CT molecular complexity index is 913. The Hall–Kier alpha value is -2.87. The van der Waals surface area contributed by atoms with Gasteiger partial charge in [0.25, 0.3) is 5.91 Å². The first-order valence-electron chi connectivity index (χ1n) is 9.41. The molecule has 8 nitrogen and oxygen atoms in total. The van der Waals surface area contributed by atoms with Gasteiger partial charge in [0, 0.05) is 6.54 Å². The summed E-state index contributed by atoms with van der Waals surface area (Å²) in [5.41, 5.74) is 6.90. The van der Waals surface area contributed by atoms with Gasteiger partial charge in [0.05, 0.1) is 12.2 Å². The molecule has 1 atom stereocenters. The second-order valence-corrected chi connectivity index (χ2v) is 7.33. The minimum Gasteiger partial charge on any atom is -0.452 e. The third-order valence-corrected chi connectivity index (χ3v) is 5.31. The molecule has 0 bridgehead atoms. The SMILES string of the molecule is Cc1nn(Cc2ccccc2)c(Cl)c1C(=O)OCC(=O)N1CCCC[C@@H]1C(N)=O. The molecule has 0 spiro atoms. The standard InChI is InChI=1S/C20H23ClN4O4/c1-13-17(18(21)25(23-13)11-14-7-3-2-4-8-14)20(28)29-12-16(26)24-10-6-5-9-15(24)19(22)27/h2-4,7-8,15H,5-6,9-12H2,1H3,(H2,22,27)/t15-/m1/s1. The fourth-order valence-electron chi connectivity index (χ4n) is 3.45.